The molecule has 0 amide bonds. The minimum atomic E-state index is -3.66. The molecular formula is C8H14N2O4S. The lowest BCUT2D eigenvalue weighted by molar-refractivity contribution is -0.137. The number of carboxylic acids is 1. The minimum absolute atomic E-state index is 0.165. The average molecular weight is 234 g/mol. The summed E-state index contributed by atoms with van der Waals surface area (Å²) in [7, 11) is -3.66. The van der Waals surface area contributed by atoms with Crippen molar-refractivity contribution in [1.82, 2.24) is 4.31 Å². The van der Waals surface area contributed by atoms with E-state index in [1.54, 1.807) is 13.0 Å². The number of carbonyl (C=O) groups is 1. The van der Waals surface area contributed by atoms with Crippen molar-refractivity contribution >= 4 is 16.0 Å². The fourth-order valence-electron chi connectivity index (χ4n) is 1.30. The van der Waals surface area contributed by atoms with E-state index in [2.05, 4.69) is 0 Å². The number of carboxylic acid groups (broad SMARTS) is 1. The molecule has 0 aromatic carbocycles. The second-order valence-electron chi connectivity index (χ2n) is 3.06. The van der Waals surface area contributed by atoms with Crippen molar-refractivity contribution in [1.29, 1.82) is 5.26 Å². The van der Waals surface area contributed by atoms with Gasteiger partial charge in [0.15, 0.2) is 5.75 Å². The van der Waals surface area contributed by atoms with E-state index in [1.165, 1.54) is 6.92 Å². The van der Waals surface area contributed by atoms with Crippen LogP contribution in [-0.4, -0.2) is 42.1 Å². The van der Waals surface area contributed by atoms with Crippen LogP contribution < -0.4 is 0 Å². The van der Waals surface area contributed by atoms with Crippen molar-refractivity contribution in [3.63, 3.8) is 0 Å². The minimum Gasteiger partial charge on any atom is -0.481 e. The molecule has 0 aliphatic rings. The lowest BCUT2D eigenvalue weighted by Crippen LogP contribution is -2.40. The van der Waals surface area contributed by atoms with E-state index in [4.69, 9.17) is 10.4 Å². The number of nitrogens with zero attached hydrogens (tertiary/aromatic N) is 2. The second-order valence-corrected chi connectivity index (χ2v) is 4.99. The molecule has 0 spiro atoms. The maximum Gasteiger partial charge on any atom is 0.304 e. The Hall–Kier alpha value is -1.13. The molecule has 1 N–H and O–H groups in total. The van der Waals surface area contributed by atoms with Gasteiger partial charge in [-0.1, -0.05) is 6.92 Å². The number of sulfonamides is 1. The summed E-state index contributed by atoms with van der Waals surface area (Å²) in [6.45, 7) is 3.28. The molecular weight excluding hydrogens is 220 g/mol. The fourth-order valence-corrected chi connectivity index (χ4v) is 2.65. The first-order valence-corrected chi connectivity index (χ1v) is 6.04. The summed E-state index contributed by atoms with van der Waals surface area (Å²) in [5, 5.41) is 16.9. The number of nitriles is 1. The average Bonchev–Trinajstić information content (AvgIpc) is 2.02. The molecule has 0 bridgehead atoms. The van der Waals surface area contributed by atoms with Gasteiger partial charge in [-0.25, -0.2) is 8.42 Å². The normalized spacial score (nSPS) is 13.5. The number of rotatable bonds is 6. The molecule has 0 rings (SSSR count). The Morgan fingerprint density at radius 2 is 2.13 bits per heavy atom. The quantitative estimate of drug-likeness (QED) is 0.698. The lowest BCUT2D eigenvalue weighted by Gasteiger charge is -2.24. The summed E-state index contributed by atoms with van der Waals surface area (Å²) in [5.41, 5.74) is 0. The van der Waals surface area contributed by atoms with Gasteiger partial charge in [-0.3, -0.25) is 4.79 Å². The SMILES string of the molecule is CCN(C(C)CC(=O)O)S(=O)(=O)CC#N. The summed E-state index contributed by atoms with van der Waals surface area (Å²) in [5.74, 6) is -1.68. The van der Waals surface area contributed by atoms with Crippen LogP contribution in [0.4, 0.5) is 0 Å². The lowest BCUT2D eigenvalue weighted by atomic mass is 10.2. The monoisotopic (exact) mass is 234 g/mol. The number of hydrogen-bond donors (Lipinski definition) is 1. The molecule has 0 aliphatic carbocycles. The molecule has 0 aromatic heterocycles. The first-order valence-electron chi connectivity index (χ1n) is 4.43. The number of aliphatic carboxylic acids is 1. The van der Waals surface area contributed by atoms with Gasteiger partial charge in [0, 0.05) is 12.6 Å². The van der Waals surface area contributed by atoms with Crippen LogP contribution in [-0.2, 0) is 14.8 Å². The van der Waals surface area contributed by atoms with Crippen molar-refractivity contribution in [2.24, 2.45) is 0 Å². The Labute approximate surface area is 89.2 Å². The summed E-state index contributed by atoms with van der Waals surface area (Å²) in [6, 6.07) is 0.920. The zero-order chi connectivity index (χ0) is 12.1. The molecule has 0 heterocycles. The highest BCUT2D eigenvalue weighted by molar-refractivity contribution is 7.89. The Morgan fingerprint density at radius 1 is 1.60 bits per heavy atom. The van der Waals surface area contributed by atoms with Gasteiger partial charge in [0.1, 0.15) is 0 Å². The first-order chi connectivity index (χ1) is 6.85. The Balaban J connectivity index is 4.77. The van der Waals surface area contributed by atoms with Crippen molar-refractivity contribution < 1.29 is 18.3 Å². The van der Waals surface area contributed by atoms with E-state index < -0.39 is 27.8 Å². The first kappa shape index (κ1) is 13.9. The van der Waals surface area contributed by atoms with E-state index in [-0.39, 0.29) is 13.0 Å². The van der Waals surface area contributed by atoms with Crippen LogP contribution in [0.2, 0.25) is 0 Å². The van der Waals surface area contributed by atoms with Gasteiger partial charge in [0.05, 0.1) is 12.5 Å². The molecule has 0 aromatic rings. The van der Waals surface area contributed by atoms with E-state index >= 15 is 0 Å². The molecule has 1 atom stereocenters. The van der Waals surface area contributed by atoms with Gasteiger partial charge < -0.3 is 5.11 Å². The predicted molar refractivity (Wildman–Crippen MR) is 53.5 cm³/mol. The zero-order valence-corrected chi connectivity index (χ0v) is 9.49. The Kier molecular flexibility index (Phi) is 5.25. The fraction of sp³-hybridized carbons (Fsp3) is 0.750. The molecule has 0 saturated carbocycles. The Bertz CT molecular complexity index is 357. The maximum absolute atomic E-state index is 11.5. The third kappa shape index (κ3) is 4.27. The third-order valence-corrected chi connectivity index (χ3v) is 3.70. The van der Waals surface area contributed by atoms with Crippen LogP contribution in [0.25, 0.3) is 0 Å². The van der Waals surface area contributed by atoms with Crippen LogP contribution >= 0.6 is 0 Å². The Morgan fingerprint density at radius 3 is 2.47 bits per heavy atom. The highest BCUT2D eigenvalue weighted by Crippen LogP contribution is 2.10. The molecule has 7 heteroatoms. The highest BCUT2D eigenvalue weighted by atomic mass is 32.2. The molecule has 1 unspecified atom stereocenters. The molecule has 0 radical (unpaired) electrons. The summed E-state index contributed by atoms with van der Waals surface area (Å²) < 4.78 is 24.0. The number of hydrogen-bond acceptors (Lipinski definition) is 4. The highest BCUT2D eigenvalue weighted by Gasteiger charge is 2.26. The van der Waals surface area contributed by atoms with Crippen LogP contribution in [0.3, 0.4) is 0 Å². The smallest absolute Gasteiger partial charge is 0.304 e. The van der Waals surface area contributed by atoms with Gasteiger partial charge >= 0.3 is 5.97 Å². The van der Waals surface area contributed by atoms with Crippen molar-refractivity contribution in [3.05, 3.63) is 0 Å². The molecule has 0 saturated heterocycles. The van der Waals surface area contributed by atoms with Crippen molar-refractivity contribution in [2.45, 2.75) is 26.3 Å². The summed E-state index contributed by atoms with van der Waals surface area (Å²) >= 11 is 0. The molecule has 0 fully saturated rings. The molecule has 6 nitrogen and oxygen atoms in total. The van der Waals surface area contributed by atoms with Crippen LogP contribution in [0.1, 0.15) is 20.3 Å². The van der Waals surface area contributed by atoms with E-state index in [0.29, 0.717) is 0 Å². The van der Waals surface area contributed by atoms with E-state index in [9.17, 15) is 13.2 Å². The molecule has 0 aliphatic heterocycles. The second kappa shape index (κ2) is 5.68. The van der Waals surface area contributed by atoms with Gasteiger partial charge in [-0.15, -0.1) is 0 Å². The molecule has 15 heavy (non-hydrogen) atoms. The van der Waals surface area contributed by atoms with Crippen molar-refractivity contribution in [2.75, 3.05) is 12.3 Å². The molecule has 86 valence electrons. The maximum atomic E-state index is 11.5. The van der Waals surface area contributed by atoms with Gasteiger partial charge in [-0.2, -0.15) is 9.57 Å². The van der Waals surface area contributed by atoms with E-state index in [0.717, 1.165) is 4.31 Å². The standard InChI is InChI=1S/C8H14N2O4S/c1-3-10(7(2)6-8(11)12)15(13,14)5-4-9/h7H,3,5-6H2,1-2H3,(H,11,12). The predicted octanol–water partition coefficient (Wildman–Crippen LogP) is 0.0249. The van der Waals surface area contributed by atoms with Gasteiger partial charge in [0.25, 0.3) is 0 Å². The largest absolute Gasteiger partial charge is 0.481 e. The zero-order valence-electron chi connectivity index (χ0n) is 8.67. The topological polar surface area (TPSA) is 98.5 Å². The van der Waals surface area contributed by atoms with Crippen LogP contribution in [0.5, 0.6) is 0 Å². The van der Waals surface area contributed by atoms with Crippen molar-refractivity contribution in [3.8, 4) is 6.07 Å². The summed E-state index contributed by atoms with van der Waals surface area (Å²) in [4.78, 5) is 10.4. The van der Waals surface area contributed by atoms with Gasteiger partial charge in [0.2, 0.25) is 10.0 Å². The van der Waals surface area contributed by atoms with Gasteiger partial charge in [-0.05, 0) is 6.92 Å². The van der Waals surface area contributed by atoms with Crippen LogP contribution in [0.15, 0.2) is 0 Å². The summed E-state index contributed by atoms with van der Waals surface area (Å²) in [6.07, 6.45) is -0.265. The third-order valence-electron chi connectivity index (χ3n) is 1.88. The van der Waals surface area contributed by atoms with E-state index in [1.807, 2.05) is 0 Å². The van der Waals surface area contributed by atoms with Crippen LogP contribution in [0, 0.1) is 11.3 Å².